The van der Waals surface area contributed by atoms with E-state index in [1.54, 1.807) is 0 Å². The fourth-order valence-corrected chi connectivity index (χ4v) is 0. The third kappa shape index (κ3) is 26.6. The van der Waals surface area contributed by atoms with Crippen LogP contribution in [0.4, 0.5) is 0 Å². The van der Waals surface area contributed by atoms with Gasteiger partial charge in [-0.05, 0) is 0 Å². The molecule has 0 aliphatic heterocycles. The molecule has 0 saturated carbocycles. The Morgan fingerprint density at radius 1 is 1.20 bits per heavy atom. The van der Waals surface area contributed by atoms with Gasteiger partial charge in [-0.3, -0.25) is 0 Å². The largest absolute Gasteiger partial charge is 0.316 e. The van der Waals surface area contributed by atoms with Gasteiger partial charge in [0, 0.05) is 0 Å². The molecule has 0 aromatic heterocycles. The molecular weight excluding hydrogens is 142 g/mol. The van der Waals surface area contributed by atoms with Gasteiger partial charge in [0.1, 0.15) is 0 Å². The van der Waals surface area contributed by atoms with E-state index in [0.717, 1.165) is 0 Å². The van der Waals surface area contributed by atoms with E-state index in [1.165, 1.54) is 0 Å². The summed E-state index contributed by atoms with van der Waals surface area (Å²) in [4.78, 5) is 0. The van der Waals surface area contributed by atoms with Crippen molar-refractivity contribution in [2.45, 2.75) is 0 Å². The summed E-state index contributed by atoms with van der Waals surface area (Å²) < 4.78 is 3.19. The summed E-state index contributed by atoms with van der Waals surface area (Å²) in [6, 6.07) is 0. The van der Waals surface area contributed by atoms with Crippen molar-refractivity contribution >= 4 is 56.7 Å². The number of hydrogen-bond acceptors (Lipinski definition) is 1. The Kier molecular flexibility index (Phi) is 54.6. The maximum Gasteiger partial charge on any atom is 0.316 e. The highest BCUT2D eigenvalue weighted by Crippen LogP contribution is 1.78. The Labute approximate surface area is 60.5 Å². The Morgan fingerprint density at radius 3 is 1.20 bits per heavy atom. The van der Waals surface area contributed by atoms with Crippen LogP contribution in [0.1, 0.15) is 0 Å². The van der Waals surface area contributed by atoms with Crippen molar-refractivity contribution in [1.29, 1.82) is 0 Å². The quantitative estimate of drug-likeness (QED) is 0.357. The third-order valence-corrected chi connectivity index (χ3v) is 0. The molecule has 32 valence electrons. The summed E-state index contributed by atoms with van der Waals surface area (Å²) in [5, 5.41) is 0. The van der Waals surface area contributed by atoms with Gasteiger partial charge >= 0.3 is 23.1 Å². The minimum Gasteiger partial charge on any atom is -0.166 e. The minimum atomic E-state index is 0. The first-order valence-electron chi connectivity index (χ1n) is 0.309. The van der Waals surface area contributed by atoms with E-state index in [1.807, 2.05) is 0 Å². The van der Waals surface area contributed by atoms with Crippen molar-refractivity contribution < 1.29 is 3.84 Å². The van der Waals surface area contributed by atoms with Crippen molar-refractivity contribution in [3.63, 3.8) is 0 Å². The van der Waals surface area contributed by atoms with Crippen LogP contribution in [-0.4, -0.2) is 23.1 Å². The monoisotopic (exact) mass is 146 g/mol. The predicted molar refractivity (Wildman–Crippen MR) is 32.4 cm³/mol. The van der Waals surface area contributed by atoms with E-state index in [9.17, 15) is 0 Å². The molecule has 0 aromatic carbocycles. The van der Waals surface area contributed by atoms with Gasteiger partial charge in [0.25, 0.3) is 0 Å². The van der Waals surface area contributed by atoms with Crippen LogP contribution >= 0.6 is 33.6 Å². The summed E-state index contributed by atoms with van der Waals surface area (Å²) in [5.74, 6) is 0. The molecule has 1 unspecified atom stereocenters. The zero-order valence-corrected chi connectivity index (χ0v) is 4.80. The second kappa shape index (κ2) is 17.2. The van der Waals surface area contributed by atoms with Crippen LogP contribution in [0.5, 0.6) is 0 Å². The standard InChI is InChI=1S/Cl2O.Mg.H3P.2H/c1-3-2;;;;/h;;1H3;;. The Balaban J connectivity index is -0.0000000200. The van der Waals surface area contributed by atoms with Crippen LogP contribution in [0.25, 0.3) is 0 Å². The lowest BCUT2D eigenvalue weighted by Gasteiger charge is -1.46. The van der Waals surface area contributed by atoms with Crippen LogP contribution in [-0.2, 0) is 3.84 Å². The molecule has 0 spiro atoms. The zero-order valence-electron chi connectivity index (χ0n) is 1.87. The van der Waals surface area contributed by atoms with Crippen molar-refractivity contribution in [1.82, 2.24) is 0 Å². The lowest BCUT2D eigenvalue weighted by molar-refractivity contribution is 0.697. The Bertz CT molecular complexity index is 9.61. The van der Waals surface area contributed by atoms with Crippen molar-refractivity contribution in [3.05, 3.63) is 0 Å². The molecule has 0 amide bonds. The second-order valence-corrected chi connectivity index (χ2v) is 0.525. The SMILES string of the molecule is ClOCl.P.[MgH2]. The summed E-state index contributed by atoms with van der Waals surface area (Å²) in [7, 11) is 0. The molecule has 1 atom stereocenters. The van der Waals surface area contributed by atoms with Crippen LogP contribution < -0.4 is 0 Å². The van der Waals surface area contributed by atoms with Gasteiger partial charge in [0.2, 0.25) is 0 Å². The van der Waals surface area contributed by atoms with Gasteiger partial charge in [0.05, 0.1) is 23.7 Å². The van der Waals surface area contributed by atoms with E-state index in [0.29, 0.717) is 0 Å². The lowest BCUT2D eigenvalue weighted by atomic mass is 15.9. The maximum atomic E-state index is 4.26. The highest BCUT2D eigenvalue weighted by Gasteiger charge is 1.38. The molecule has 0 rings (SSSR count). The van der Waals surface area contributed by atoms with Gasteiger partial charge in [-0.1, -0.05) is 0 Å². The summed E-state index contributed by atoms with van der Waals surface area (Å²) in [6.07, 6.45) is 0. The minimum absolute atomic E-state index is 0. The zero-order chi connectivity index (χ0) is 2.71. The molecule has 0 aromatic rings. The molecule has 0 bridgehead atoms. The maximum absolute atomic E-state index is 4.26. The molecule has 0 aliphatic carbocycles. The molecule has 0 N–H and O–H groups in total. The fourth-order valence-electron chi connectivity index (χ4n) is 0. The first kappa shape index (κ1) is 15.9. The number of halogens is 2. The van der Waals surface area contributed by atoms with Crippen molar-refractivity contribution in [2.24, 2.45) is 0 Å². The smallest absolute Gasteiger partial charge is 0.166 e. The van der Waals surface area contributed by atoms with Gasteiger partial charge < -0.3 is 0 Å². The van der Waals surface area contributed by atoms with Gasteiger partial charge in [-0.15, -0.1) is 0 Å². The molecule has 5 heavy (non-hydrogen) atoms. The van der Waals surface area contributed by atoms with Crippen LogP contribution in [0, 0.1) is 0 Å². The summed E-state index contributed by atoms with van der Waals surface area (Å²) >= 11 is 8.53. The highest BCUT2D eigenvalue weighted by atomic mass is 35.6. The van der Waals surface area contributed by atoms with E-state index in [2.05, 4.69) is 27.6 Å². The first-order valence-corrected chi connectivity index (χ1v) is 0.926. The topological polar surface area (TPSA) is 9.23 Å². The first-order chi connectivity index (χ1) is 1.41. The Hall–Kier alpha value is 1.74. The average molecular weight is 147 g/mol. The second-order valence-electron chi connectivity index (χ2n) is 0.0583. The number of rotatable bonds is 0. The van der Waals surface area contributed by atoms with Crippen LogP contribution in [0.2, 0.25) is 0 Å². The molecule has 1 nitrogen and oxygen atoms in total. The van der Waals surface area contributed by atoms with Crippen molar-refractivity contribution in [2.75, 3.05) is 0 Å². The third-order valence-electron chi connectivity index (χ3n) is 0. The summed E-state index contributed by atoms with van der Waals surface area (Å²) in [6.45, 7) is 0. The summed E-state index contributed by atoms with van der Waals surface area (Å²) in [5.41, 5.74) is 0. The fraction of sp³-hybridized carbons (Fsp3) is 0. The van der Waals surface area contributed by atoms with E-state index in [4.69, 9.17) is 0 Å². The highest BCUT2D eigenvalue weighted by molar-refractivity contribution is 6.92. The number of hydrogen-bond donors (Lipinski definition) is 0. The van der Waals surface area contributed by atoms with Gasteiger partial charge in [0.15, 0.2) is 0 Å². The molecule has 0 fully saturated rings. The lowest BCUT2D eigenvalue weighted by Crippen LogP contribution is -1.15. The normalized spacial score (nSPS) is 3.60. The van der Waals surface area contributed by atoms with Crippen LogP contribution in [0.15, 0.2) is 0 Å². The molecule has 0 radical (unpaired) electrons. The average Bonchev–Trinajstić information content (AvgIpc) is 0.918. The van der Waals surface area contributed by atoms with E-state index >= 15 is 0 Å². The molecule has 0 saturated heterocycles. The van der Waals surface area contributed by atoms with Crippen LogP contribution in [0.3, 0.4) is 0 Å². The Morgan fingerprint density at radius 2 is 1.20 bits per heavy atom. The molecular formula is H5Cl2MgOP. The molecule has 0 heterocycles. The molecule has 5 heteroatoms. The van der Waals surface area contributed by atoms with Gasteiger partial charge in [-0.2, -0.15) is 13.7 Å². The van der Waals surface area contributed by atoms with E-state index in [-0.39, 0.29) is 33.0 Å². The van der Waals surface area contributed by atoms with E-state index < -0.39 is 0 Å². The van der Waals surface area contributed by atoms with Gasteiger partial charge in [-0.25, -0.2) is 0 Å². The predicted octanol–water partition coefficient (Wildman–Crippen LogP) is 0.452. The molecule has 0 aliphatic rings. The van der Waals surface area contributed by atoms with Crippen molar-refractivity contribution in [3.8, 4) is 0 Å².